The molecular formula is C27H24IN3O3. The van der Waals surface area contributed by atoms with E-state index >= 15 is 0 Å². The quantitative estimate of drug-likeness (QED) is 0.158. The number of methoxy groups -OCH3 is 1. The van der Waals surface area contributed by atoms with Gasteiger partial charge in [0, 0.05) is 9.26 Å². The Labute approximate surface area is 212 Å². The SMILES string of the molecule is COc1cc(/C=N\NC(=O)CNc2ccc(I)cc2)ccc1OCc1cccc2ccccc12. The van der Waals surface area contributed by atoms with Gasteiger partial charge in [0.05, 0.1) is 19.9 Å². The first-order valence-electron chi connectivity index (χ1n) is 10.7. The third kappa shape index (κ3) is 6.26. The third-order valence-corrected chi connectivity index (χ3v) is 5.87. The Balaban J connectivity index is 1.33. The van der Waals surface area contributed by atoms with Crippen LogP contribution < -0.4 is 20.2 Å². The average molecular weight is 565 g/mol. The Morgan fingerprint density at radius 3 is 2.59 bits per heavy atom. The van der Waals surface area contributed by atoms with Crippen LogP contribution in [0.2, 0.25) is 0 Å². The minimum absolute atomic E-state index is 0.127. The summed E-state index contributed by atoms with van der Waals surface area (Å²) in [5, 5.41) is 9.44. The van der Waals surface area contributed by atoms with E-state index < -0.39 is 0 Å². The highest BCUT2D eigenvalue weighted by Crippen LogP contribution is 2.29. The fourth-order valence-corrected chi connectivity index (χ4v) is 3.79. The highest BCUT2D eigenvalue weighted by atomic mass is 127. The molecule has 0 aromatic heterocycles. The van der Waals surface area contributed by atoms with Crippen LogP contribution in [-0.4, -0.2) is 25.8 Å². The summed E-state index contributed by atoms with van der Waals surface area (Å²) in [5.74, 6) is 0.992. The van der Waals surface area contributed by atoms with Crippen molar-refractivity contribution in [3.8, 4) is 11.5 Å². The van der Waals surface area contributed by atoms with Crippen LogP contribution in [0.15, 0.2) is 90.0 Å². The van der Waals surface area contributed by atoms with E-state index in [1.54, 1.807) is 13.3 Å². The molecule has 0 saturated carbocycles. The van der Waals surface area contributed by atoms with E-state index in [1.807, 2.05) is 60.7 Å². The number of nitrogens with zero attached hydrogens (tertiary/aromatic N) is 1. The number of hydrazone groups is 1. The van der Waals surface area contributed by atoms with Crippen LogP contribution in [-0.2, 0) is 11.4 Å². The number of rotatable bonds is 9. The number of anilines is 1. The van der Waals surface area contributed by atoms with Crippen LogP contribution in [0.5, 0.6) is 11.5 Å². The Morgan fingerprint density at radius 2 is 1.76 bits per heavy atom. The number of fused-ring (bicyclic) bond motifs is 1. The van der Waals surface area contributed by atoms with E-state index in [1.165, 1.54) is 10.8 Å². The number of hydrogen-bond donors (Lipinski definition) is 2. The first kappa shape index (κ1) is 23.6. The van der Waals surface area contributed by atoms with Crippen molar-refractivity contribution in [2.75, 3.05) is 19.0 Å². The molecule has 0 heterocycles. The number of nitrogens with one attached hydrogen (secondary N) is 2. The van der Waals surface area contributed by atoms with Crippen molar-refractivity contribution < 1.29 is 14.3 Å². The van der Waals surface area contributed by atoms with Gasteiger partial charge in [-0.1, -0.05) is 42.5 Å². The fourth-order valence-electron chi connectivity index (χ4n) is 3.43. The van der Waals surface area contributed by atoms with Crippen LogP contribution in [0.25, 0.3) is 10.8 Å². The maximum Gasteiger partial charge on any atom is 0.259 e. The van der Waals surface area contributed by atoms with Gasteiger partial charge >= 0.3 is 0 Å². The zero-order chi connectivity index (χ0) is 23.8. The van der Waals surface area contributed by atoms with Gasteiger partial charge in [-0.25, -0.2) is 5.43 Å². The number of ether oxygens (including phenoxy) is 2. The molecule has 0 aliphatic carbocycles. The van der Waals surface area contributed by atoms with E-state index in [4.69, 9.17) is 9.47 Å². The Hall–Kier alpha value is -3.59. The molecule has 0 aliphatic rings. The van der Waals surface area contributed by atoms with Gasteiger partial charge in [0.2, 0.25) is 0 Å². The Kier molecular flexibility index (Phi) is 7.98. The summed E-state index contributed by atoms with van der Waals surface area (Å²) < 4.78 is 12.7. The molecule has 0 bridgehead atoms. The van der Waals surface area contributed by atoms with Gasteiger partial charge in [0.1, 0.15) is 6.61 Å². The minimum Gasteiger partial charge on any atom is -0.493 e. The highest BCUT2D eigenvalue weighted by molar-refractivity contribution is 14.1. The van der Waals surface area contributed by atoms with Gasteiger partial charge < -0.3 is 14.8 Å². The van der Waals surface area contributed by atoms with Gasteiger partial charge in [-0.05, 0) is 87.0 Å². The zero-order valence-electron chi connectivity index (χ0n) is 18.6. The maximum absolute atomic E-state index is 12.0. The Bertz CT molecular complexity index is 1300. The van der Waals surface area contributed by atoms with Crippen LogP contribution in [0.4, 0.5) is 5.69 Å². The molecule has 0 aliphatic heterocycles. The zero-order valence-corrected chi connectivity index (χ0v) is 20.8. The van der Waals surface area contributed by atoms with E-state index in [2.05, 4.69) is 62.7 Å². The summed E-state index contributed by atoms with van der Waals surface area (Å²) in [6, 6.07) is 27.7. The molecule has 172 valence electrons. The van der Waals surface area contributed by atoms with Gasteiger partial charge in [0.25, 0.3) is 5.91 Å². The molecule has 2 N–H and O–H groups in total. The summed E-state index contributed by atoms with van der Waals surface area (Å²) in [7, 11) is 1.60. The topological polar surface area (TPSA) is 72.0 Å². The lowest BCUT2D eigenvalue weighted by Crippen LogP contribution is -2.25. The lowest BCUT2D eigenvalue weighted by Gasteiger charge is -2.12. The molecule has 0 saturated heterocycles. The van der Waals surface area contributed by atoms with Crippen molar-refractivity contribution in [1.82, 2.24) is 5.43 Å². The first-order chi connectivity index (χ1) is 16.6. The Morgan fingerprint density at radius 1 is 0.971 bits per heavy atom. The van der Waals surface area contributed by atoms with Crippen molar-refractivity contribution in [1.29, 1.82) is 0 Å². The number of carbonyl (C=O) groups excluding carboxylic acids is 1. The number of hydrogen-bond acceptors (Lipinski definition) is 5. The van der Waals surface area contributed by atoms with Crippen molar-refractivity contribution in [2.45, 2.75) is 6.61 Å². The van der Waals surface area contributed by atoms with Crippen molar-refractivity contribution in [3.05, 3.63) is 99.6 Å². The molecule has 4 aromatic rings. The smallest absolute Gasteiger partial charge is 0.259 e. The second-order valence-corrected chi connectivity index (χ2v) is 8.74. The lowest BCUT2D eigenvalue weighted by atomic mass is 10.1. The highest BCUT2D eigenvalue weighted by Gasteiger charge is 2.08. The molecule has 0 unspecified atom stereocenters. The molecule has 0 radical (unpaired) electrons. The number of amides is 1. The third-order valence-electron chi connectivity index (χ3n) is 5.15. The second-order valence-electron chi connectivity index (χ2n) is 7.49. The number of carbonyl (C=O) groups is 1. The lowest BCUT2D eigenvalue weighted by molar-refractivity contribution is -0.119. The van der Waals surface area contributed by atoms with E-state index in [0.717, 1.165) is 20.4 Å². The van der Waals surface area contributed by atoms with Crippen molar-refractivity contribution >= 4 is 51.2 Å². The second kappa shape index (κ2) is 11.5. The van der Waals surface area contributed by atoms with Gasteiger partial charge in [-0.15, -0.1) is 0 Å². The van der Waals surface area contributed by atoms with Crippen LogP contribution >= 0.6 is 22.6 Å². The summed E-state index contributed by atoms with van der Waals surface area (Å²) >= 11 is 2.24. The molecule has 1 amide bonds. The normalized spacial score (nSPS) is 10.9. The molecule has 0 atom stereocenters. The standard InChI is InChI=1S/C27H24IN3O3/c1-33-26-15-19(16-30-31-27(32)17-29-23-12-10-22(28)11-13-23)9-14-25(26)34-18-21-7-4-6-20-5-2-3-8-24(20)21/h2-16,29H,17-18H2,1H3,(H,31,32)/b30-16-. The summed E-state index contributed by atoms with van der Waals surface area (Å²) in [6.07, 6.45) is 1.57. The molecule has 7 heteroatoms. The van der Waals surface area contributed by atoms with Gasteiger partial charge in [0.15, 0.2) is 11.5 Å². The molecule has 0 fully saturated rings. The van der Waals surface area contributed by atoms with Crippen LogP contribution in [0, 0.1) is 3.57 Å². The summed E-state index contributed by atoms with van der Waals surface area (Å²) in [5.41, 5.74) is 5.28. The largest absolute Gasteiger partial charge is 0.493 e. The molecular weight excluding hydrogens is 541 g/mol. The van der Waals surface area contributed by atoms with Gasteiger partial charge in [-0.2, -0.15) is 5.10 Å². The molecule has 4 rings (SSSR count). The van der Waals surface area contributed by atoms with Crippen LogP contribution in [0.3, 0.4) is 0 Å². The van der Waals surface area contributed by atoms with Gasteiger partial charge in [-0.3, -0.25) is 4.79 Å². The van der Waals surface area contributed by atoms with E-state index in [9.17, 15) is 4.79 Å². The molecule has 34 heavy (non-hydrogen) atoms. The first-order valence-corrected chi connectivity index (χ1v) is 11.8. The van der Waals surface area contributed by atoms with E-state index in [0.29, 0.717) is 18.1 Å². The van der Waals surface area contributed by atoms with Crippen LogP contribution in [0.1, 0.15) is 11.1 Å². The molecule has 0 spiro atoms. The monoisotopic (exact) mass is 565 g/mol. The predicted octanol–water partition coefficient (Wildman–Crippen LogP) is 5.59. The fraction of sp³-hybridized carbons (Fsp3) is 0.111. The van der Waals surface area contributed by atoms with Crippen molar-refractivity contribution in [2.24, 2.45) is 5.10 Å². The number of halogens is 1. The number of benzene rings is 4. The maximum atomic E-state index is 12.0. The minimum atomic E-state index is -0.239. The predicted molar refractivity (Wildman–Crippen MR) is 145 cm³/mol. The van der Waals surface area contributed by atoms with Crippen molar-refractivity contribution in [3.63, 3.8) is 0 Å². The summed E-state index contributed by atoms with van der Waals surface area (Å²) in [6.45, 7) is 0.553. The average Bonchev–Trinajstić information content (AvgIpc) is 2.87. The molecule has 4 aromatic carbocycles. The summed E-state index contributed by atoms with van der Waals surface area (Å²) in [4.78, 5) is 12.0. The molecule has 6 nitrogen and oxygen atoms in total. The van der Waals surface area contributed by atoms with E-state index in [-0.39, 0.29) is 12.5 Å².